The summed E-state index contributed by atoms with van der Waals surface area (Å²) in [5.74, 6) is 1.02. The molecule has 1 aliphatic rings. The summed E-state index contributed by atoms with van der Waals surface area (Å²) >= 11 is 0. The van der Waals surface area contributed by atoms with Crippen molar-refractivity contribution in [2.75, 3.05) is 26.2 Å². The van der Waals surface area contributed by atoms with E-state index in [0.717, 1.165) is 18.8 Å². The number of likely N-dealkylation sites (tertiary alicyclic amines) is 1. The van der Waals surface area contributed by atoms with Crippen molar-refractivity contribution < 1.29 is 9.64 Å². The molecule has 0 bridgehead atoms. The van der Waals surface area contributed by atoms with Crippen LogP contribution in [0.2, 0.25) is 0 Å². The maximum absolute atomic E-state index is 5.97. The second kappa shape index (κ2) is 6.76. The van der Waals surface area contributed by atoms with Crippen LogP contribution in [-0.2, 0) is 0 Å². The summed E-state index contributed by atoms with van der Waals surface area (Å²) in [7, 11) is 0. The Kier molecular flexibility index (Phi) is 4.54. The average Bonchev–Trinajstić information content (AvgIpc) is 3.00. The van der Waals surface area contributed by atoms with Gasteiger partial charge in [-0.25, -0.2) is 0 Å². The Balaban J connectivity index is 1.47. The second-order valence-corrected chi connectivity index (χ2v) is 5.74. The quantitative estimate of drug-likeness (QED) is 0.797. The number of benzene rings is 2. The van der Waals surface area contributed by atoms with Gasteiger partial charge in [0.25, 0.3) is 0 Å². The van der Waals surface area contributed by atoms with Gasteiger partial charge in [0.2, 0.25) is 0 Å². The number of ether oxygens (including phenoxy) is 1. The first-order valence-electron chi connectivity index (χ1n) is 7.87. The van der Waals surface area contributed by atoms with Crippen LogP contribution in [0.15, 0.2) is 42.5 Å². The van der Waals surface area contributed by atoms with Crippen LogP contribution >= 0.6 is 0 Å². The Morgan fingerprint density at radius 3 is 2.60 bits per heavy atom. The monoisotopic (exact) mass is 270 g/mol. The fourth-order valence-corrected chi connectivity index (χ4v) is 3.11. The molecular weight excluding hydrogens is 246 g/mol. The molecule has 106 valence electrons. The molecule has 2 heteroatoms. The molecule has 1 fully saturated rings. The summed E-state index contributed by atoms with van der Waals surface area (Å²) in [5.41, 5.74) is 0. The van der Waals surface area contributed by atoms with Gasteiger partial charge < -0.3 is 9.64 Å². The fraction of sp³-hybridized carbons (Fsp3) is 0.444. The van der Waals surface area contributed by atoms with Gasteiger partial charge in [0, 0.05) is 18.2 Å². The van der Waals surface area contributed by atoms with Crippen molar-refractivity contribution in [3.05, 3.63) is 42.5 Å². The summed E-state index contributed by atoms with van der Waals surface area (Å²) in [4.78, 5) is 1.79. The third kappa shape index (κ3) is 3.31. The fourth-order valence-electron chi connectivity index (χ4n) is 3.11. The Labute approximate surface area is 121 Å². The van der Waals surface area contributed by atoms with E-state index in [1.54, 1.807) is 4.90 Å². The van der Waals surface area contributed by atoms with E-state index in [0.29, 0.717) is 0 Å². The third-order valence-electron chi connectivity index (χ3n) is 4.24. The minimum absolute atomic E-state index is 0.835. The molecule has 2 aromatic carbocycles. The lowest BCUT2D eigenvalue weighted by molar-refractivity contribution is -0.887. The molecule has 0 aromatic heterocycles. The summed E-state index contributed by atoms with van der Waals surface area (Å²) in [6, 6.07) is 14.7. The zero-order valence-electron chi connectivity index (χ0n) is 12.1. The Morgan fingerprint density at radius 1 is 0.900 bits per heavy atom. The number of fused-ring (bicyclic) bond motifs is 1. The first kappa shape index (κ1) is 13.4. The van der Waals surface area contributed by atoms with Crippen LogP contribution in [-0.4, -0.2) is 26.2 Å². The highest BCUT2D eigenvalue weighted by atomic mass is 16.5. The topological polar surface area (TPSA) is 13.7 Å². The molecule has 1 saturated heterocycles. The molecule has 1 N–H and O–H groups in total. The third-order valence-corrected chi connectivity index (χ3v) is 4.24. The number of nitrogens with one attached hydrogen (secondary N) is 1. The van der Waals surface area contributed by atoms with E-state index in [1.807, 2.05) is 0 Å². The van der Waals surface area contributed by atoms with Crippen LogP contribution in [0.5, 0.6) is 5.75 Å². The second-order valence-electron chi connectivity index (χ2n) is 5.74. The molecule has 2 aromatic rings. The molecule has 2 nitrogen and oxygen atoms in total. The number of hydrogen-bond donors (Lipinski definition) is 1. The van der Waals surface area contributed by atoms with E-state index in [9.17, 15) is 0 Å². The first-order chi connectivity index (χ1) is 9.93. The molecule has 0 aliphatic carbocycles. The average molecular weight is 270 g/mol. The summed E-state index contributed by atoms with van der Waals surface area (Å²) in [5, 5.41) is 2.48. The smallest absolute Gasteiger partial charge is 0.127 e. The van der Waals surface area contributed by atoms with Crippen LogP contribution < -0.4 is 9.64 Å². The lowest BCUT2D eigenvalue weighted by atomic mass is 10.1. The van der Waals surface area contributed by atoms with Gasteiger partial charge >= 0.3 is 0 Å². The van der Waals surface area contributed by atoms with Gasteiger partial charge in [-0.3, -0.25) is 0 Å². The Morgan fingerprint density at radius 2 is 1.70 bits per heavy atom. The predicted octanol–water partition coefficient (Wildman–Crippen LogP) is 2.68. The zero-order valence-corrected chi connectivity index (χ0v) is 12.1. The molecule has 1 heterocycles. The van der Waals surface area contributed by atoms with Gasteiger partial charge in [-0.05, 0) is 24.3 Å². The van der Waals surface area contributed by atoms with E-state index in [-0.39, 0.29) is 0 Å². The highest BCUT2D eigenvalue weighted by Crippen LogP contribution is 2.25. The standard InChI is InChI=1S/C18H23NO/c1-2-10-17-16(8-1)9-7-11-18(17)20-15-6-5-14-19-12-3-4-13-19/h1-2,7-11H,3-6,12-15H2/p+1. The molecule has 20 heavy (non-hydrogen) atoms. The number of unbranched alkanes of at least 4 members (excludes halogenated alkanes) is 1. The molecular formula is C18H24NO+. The van der Waals surface area contributed by atoms with Gasteiger partial charge in [0.05, 0.1) is 26.2 Å². The van der Waals surface area contributed by atoms with Crippen LogP contribution in [0, 0.1) is 0 Å². The Hall–Kier alpha value is -1.54. The highest BCUT2D eigenvalue weighted by Gasteiger charge is 2.13. The van der Waals surface area contributed by atoms with Crippen LogP contribution in [0.3, 0.4) is 0 Å². The van der Waals surface area contributed by atoms with Crippen molar-refractivity contribution in [2.24, 2.45) is 0 Å². The minimum Gasteiger partial charge on any atom is -0.493 e. The van der Waals surface area contributed by atoms with Crippen molar-refractivity contribution in [2.45, 2.75) is 25.7 Å². The molecule has 3 rings (SSSR count). The van der Waals surface area contributed by atoms with Crippen molar-refractivity contribution in [3.63, 3.8) is 0 Å². The molecule has 0 amide bonds. The molecule has 0 saturated carbocycles. The van der Waals surface area contributed by atoms with E-state index >= 15 is 0 Å². The predicted molar refractivity (Wildman–Crippen MR) is 83.5 cm³/mol. The largest absolute Gasteiger partial charge is 0.493 e. The van der Waals surface area contributed by atoms with Crippen molar-refractivity contribution in [1.82, 2.24) is 0 Å². The van der Waals surface area contributed by atoms with Gasteiger partial charge in [-0.2, -0.15) is 0 Å². The van der Waals surface area contributed by atoms with E-state index < -0.39 is 0 Å². The molecule has 0 unspecified atom stereocenters. The first-order valence-corrected chi connectivity index (χ1v) is 7.87. The van der Waals surface area contributed by atoms with E-state index in [4.69, 9.17) is 4.74 Å². The van der Waals surface area contributed by atoms with Crippen molar-refractivity contribution in [3.8, 4) is 5.75 Å². The van der Waals surface area contributed by atoms with Crippen molar-refractivity contribution in [1.29, 1.82) is 0 Å². The van der Waals surface area contributed by atoms with Gasteiger partial charge in [-0.1, -0.05) is 36.4 Å². The lowest BCUT2D eigenvalue weighted by Gasteiger charge is -2.12. The van der Waals surface area contributed by atoms with E-state index in [1.165, 1.54) is 49.7 Å². The van der Waals surface area contributed by atoms with Crippen LogP contribution in [0.1, 0.15) is 25.7 Å². The summed E-state index contributed by atoms with van der Waals surface area (Å²) in [6.45, 7) is 4.91. The Bertz CT molecular complexity index is 541. The number of rotatable bonds is 6. The van der Waals surface area contributed by atoms with Gasteiger partial charge in [0.1, 0.15) is 5.75 Å². The zero-order chi connectivity index (χ0) is 13.6. The number of hydrogen-bond acceptors (Lipinski definition) is 1. The molecule has 0 atom stereocenters. The summed E-state index contributed by atoms with van der Waals surface area (Å²) < 4.78 is 5.97. The maximum atomic E-state index is 5.97. The van der Waals surface area contributed by atoms with Gasteiger partial charge in [-0.15, -0.1) is 0 Å². The number of quaternary nitrogens is 1. The lowest BCUT2D eigenvalue weighted by Crippen LogP contribution is -3.09. The van der Waals surface area contributed by atoms with E-state index in [2.05, 4.69) is 42.5 Å². The summed E-state index contributed by atoms with van der Waals surface area (Å²) in [6.07, 6.45) is 5.27. The maximum Gasteiger partial charge on any atom is 0.127 e. The SMILES string of the molecule is c1ccc2c(OCCCC[NH+]3CCCC3)cccc2c1. The highest BCUT2D eigenvalue weighted by molar-refractivity contribution is 5.88. The molecule has 1 aliphatic heterocycles. The van der Waals surface area contributed by atoms with Crippen LogP contribution in [0.4, 0.5) is 0 Å². The van der Waals surface area contributed by atoms with Crippen molar-refractivity contribution >= 4 is 10.8 Å². The molecule has 0 spiro atoms. The molecule has 0 radical (unpaired) electrons. The normalized spacial score (nSPS) is 15.8. The van der Waals surface area contributed by atoms with Crippen LogP contribution in [0.25, 0.3) is 10.8 Å². The van der Waals surface area contributed by atoms with Gasteiger partial charge in [0.15, 0.2) is 0 Å². The minimum atomic E-state index is 0.835.